The second-order valence-corrected chi connectivity index (χ2v) is 6.03. The molecule has 1 aromatic heterocycles. The summed E-state index contributed by atoms with van der Waals surface area (Å²) in [4.78, 5) is 3.01. The summed E-state index contributed by atoms with van der Waals surface area (Å²) in [6.07, 6.45) is -1.82. The molecule has 0 aliphatic carbocycles. The van der Waals surface area contributed by atoms with Crippen LogP contribution in [0.2, 0.25) is 0 Å². The van der Waals surface area contributed by atoms with E-state index in [2.05, 4.69) is 20.9 Å². The Labute approximate surface area is 98.0 Å². The van der Waals surface area contributed by atoms with Gasteiger partial charge in [-0.3, -0.25) is 4.98 Å². The lowest BCUT2D eigenvalue weighted by Crippen LogP contribution is -2.04. The zero-order chi connectivity index (χ0) is 11.8. The van der Waals surface area contributed by atoms with Gasteiger partial charge in [0.15, 0.2) is 0 Å². The van der Waals surface area contributed by atoms with Gasteiger partial charge in [0.1, 0.15) is 4.90 Å². The van der Waals surface area contributed by atoms with Crippen molar-refractivity contribution in [1.29, 1.82) is 0 Å². The third-order valence-electron chi connectivity index (χ3n) is 1.68. The number of hydrogen-bond acceptors (Lipinski definition) is 3. The smallest absolute Gasteiger partial charge is 0.260 e. The van der Waals surface area contributed by atoms with Crippen molar-refractivity contribution in [3.05, 3.63) is 21.9 Å². The molecular weight excluding hydrogens is 316 g/mol. The maximum Gasteiger partial charge on any atom is 0.266 e. The Kier molecular flexibility index (Phi) is 3.67. The second-order valence-electron chi connectivity index (χ2n) is 2.67. The monoisotopic (exact) mass is 319 g/mol. The summed E-state index contributed by atoms with van der Waals surface area (Å²) in [6.45, 7) is 1.29. The molecule has 0 radical (unpaired) electrons. The second kappa shape index (κ2) is 4.31. The average Bonchev–Trinajstić information content (AvgIpc) is 2.05. The van der Waals surface area contributed by atoms with Gasteiger partial charge in [0, 0.05) is 22.6 Å². The lowest BCUT2D eigenvalue weighted by atomic mass is 10.2. The molecule has 1 heterocycles. The number of aromatic nitrogens is 1. The number of hydrogen-bond donors (Lipinski definition) is 0. The fraction of sp³-hybridized carbons (Fsp3) is 0.286. The van der Waals surface area contributed by atoms with Gasteiger partial charge >= 0.3 is 0 Å². The average molecular weight is 321 g/mol. The Hall–Kier alpha value is -0.270. The van der Waals surface area contributed by atoms with Crippen LogP contribution in [0.1, 0.15) is 17.7 Å². The van der Waals surface area contributed by atoms with Gasteiger partial charge in [-0.1, -0.05) is 0 Å². The van der Waals surface area contributed by atoms with Crippen molar-refractivity contribution in [2.24, 2.45) is 0 Å². The molecule has 0 unspecified atom stereocenters. The molecular formula is C7H5BrClF2NO2S. The van der Waals surface area contributed by atoms with E-state index in [1.807, 2.05) is 0 Å². The van der Waals surface area contributed by atoms with E-state index in [4.69, 9.17) is 10.7 Å². The van der Waals surface area contributed by atoms with E-state index >= 15 is 0 Å². The summed E-state index contributed by atoms with van der Waals surface area (Å²) < 4.78 is 47.4. The lowest BCUT2D eigenvalue weighted by molar-refractivity contribution is 0.146. The molecule has 1 aromatic rings. The first kappa shape index (κ1) is 12.8. The zero-order valence-electron chi connectivity index (χ0n) is 7.34. The van der Waals surface area contributed by atoms with Crippen LogP contribution in [0.5, 0.6) is 0 Å². The summed E-state index contributed by atoms with van der Waals surface area (Å²) >= 11 is 2.83. The molecule has 0 spiro atoms. The third-order valence-corrected chi connectivity index (χ3v) is 3.94. The van der Waals surface area contributed by atoms with Crippen molar-refractivity contribution in [3.8, 4) is 0 Å². The van der Waals surface area contributed by atoms with Crippen molar-refractivity contribution in [3.63, 3.8) is 0 Å². The minimum Gasteiger partial charge on any atom is -0.260 e. The molecule has 0 saturated carbocycles. The van der Waals surface area contributed by atoms with Crippen molar-refractivity contribution in [2.45, 2.75) is 18.2 Å². The van der Waals surface area contributed by atoms with Gasteiger partial charge < -0.3 is 0 Å². The van der Waals surface area contributed by atoms with Crippen LogP contribution >= 0.6 is 26.6 Å². The molecule has 0 atom stereocenters. The van der Waals surface area contributed by atoms with Crippen LogP contribution < -0.4 is 0 Å². The van der Waals surface area contributed by atoms with E-state index in [9.17, 15) is 17.2 Å². The maximum absolute atomic E-state index is 12.6. The molecule has 0 aromatic carbocycles. The highest BCUT2D eigenvalue weighted by Crippen LogP contribution is 2.35. The Morgan fingerprint density at radius 2 is 2.07 bits per heavy atom. The molecule has 0 amide bonds. The number of halogens is 4. The molecule has 3 nitrogen and oxygen atoms in total. The van der Waals surface area contributed by atoms with Gasteiger partial charge in [-0.15, -0.1) is 0 Å². The fourth-order valence-electron chi connectivity index (χ4n) is 1.08. The largest absolute Gasteiger partial charge is 0.266 e. The quantitative estimate of drug-likeness (QED) is 0.787. The molecule has 8 heteroatoms. The summed E-state index contributed by atoms with van der Waals surface area (Å²) in [6, 6.07) is 0. The Morgan fingerprint density at radius 3 is 2.40 bits per heavy atom. The van der Waals surface area contributed by atoms with Crippen molar-refractivity contribution < 1.29 is 17.2 Å². The standard InChI is InChI=1S/C7H5BrClF2NO2S/c1-3-5(7(10)11)6(15(9,13)14)4(8)2-12-3/h2,7H,1H3. The minimum absolute atomic E-state index is 0.0626. The number of pyridine rings is 1. The van der Waals surface area contributed by atoms with Crippen LogP contribution in [-0.2, 0) is 9.05 Å². The normalized spacial score (nSPS) is 12.1. The van der Waals surface area contributed by atoms with Crippen molar-refractivity contribution >= 4 is 35.7 Å². The van der Waals surface area contributed by atoms with E-state index in [0.717, 1.165) is 6.20 Å². The first-order valence-electron chi connectivity index (χ1n) is 3.63. The fourth-order valence-corrected chi connectivity index (χ4v) is 3.60. The predicted octanol–water partition coefficient (Wildman–Crippen LogP) is 3.02. The number of aryl methyl sites for hydroxylation is 1. The topological polar surface area (TPSA) is 47.0 Å². The predicted molar refractivity (Wildman–Crippen MR) is 54.7 cm³/mol. The van der Waals surface area contributed by atoms with Crippen LogP contribution in [0.15, 0.2) is 15.6 Å². The van der Waals surface area contributed by atoms with Gasteiger partial charge in [0.2, 0.25) is 0 Å². The van der Waals surface area contributed by atoms with E-state index in [1.165, 1.54) is 6.92 Å². The van der Waals surface area contributed by atoms with Crippen LogP contribution in [-0.4, -0.2) is 13.4 Å². The highest BCUT2D eigenvalue weighted by molar-refractivity contribution is 9.10. The van der Waals surface area contributed by atoms with Crippen molar-refractivity contribution in [2.75, 3.05) is 0 Å². The highest BCUT2D eigenvalue weighted by Gasteiger charge is 2.27. The SMILES string of the molecule is Cc1ncc(Br)c(S(=O)(=O)Cl)c1C(F)F. The molecule has 15 heavy (non-hydrogen) atoms. The van der Waals surface area contributed by atoms with Crippen molar-refractivity contribution in [1.82, 2.24) is 4.98 Å². The molecule has 0 aliphatic rings. The van der Waals surface area contributed by atoms with Crippen LogP contribution in [0.3, 0.4) is 0 Å². The summed E-state index contributed by atoms with van der Waals surface area (Å²) in [5, 5.41) is 0. The molecule has 84 valence electrons. The molecule has 0 fully saturated rings. The van der Waals surface area contributed by atoms with Gasteiger partial charge in [-0.25, -0.2) is 17.2 Å². The Balaban J connectivity index is 3.68. The molecule has 1 rings (SSSR count). The number of rotatable bonds is 2. The molecule has 0 aliphatic heterocycles. The molecule has 0 N–H and O–H groups in total. The maximum atomic E-state index is 12.6. The Bertz CT molecular complexity index is 492. The van der Waals surface area contributed by atoms with E-state index < -0.39 is 25.9 Å². The van der Waals surface area contributed by atoms with Gasteiger partial charge in [0.25, 0.3) is 15.5 Å². The summed E-state index contributed by atoms with van der Waals surface area (Å²) in [5.41, 5.74) is -0.730. The van der Waals surface area contributed by atoms with Gasteiger partial charge in [-0.2, -0.15) is 0 Å². The zero-order valence-corrected chi connectivity index (χ0v) is 10.5. The number of nitrogens with zero attached hydrogens (tertiary/aromatic N) is 1. The van der Waals surface area contributed by atoms with Gasteiger partial charge in [-0.05, 0) is 22.9 Å². The molecule has 0 bridgehead atoms. The van der Waals surface area contributed by atoms with E-state index in [0.29, 0.717) is 0 Å². The summed E-state index contributed by atoms with van der Waals surface area (Å²) in [7, 11) is 0.840. The first-order valence-corrected chi connectivity index (χ1v) is 6.73. The van der Waals surface area contributed by atoms with Crippen LogP contribution in [0, 0.1) is 6.92 Å². The third kappa shape index (κ3) is 2.64. The van der Waals surface area contributed by atoms with E-state index in [1.54, 1.807) is 0 Å². The summed E-state index contributed by atoms with van der Waals surface area (Å²) in [5.74, 6) is 0. The van der Waals surface area contributed by atoms with E-state index in [-0.39, 0.29) is 10.2 Å². The lowest BCUT2D eigenvalue weighted by Gasteiger charge is -2.10. The van der Waals surface area contributed by atoms with Gasteiger partial charge in [0.05, 0.1) is 10.0 Å². The Morgan fingerprint density at radius 1 is 1.53 bits per heavy atom. The number of alkyl halides is 2. The molecule has 0 saturated heterocycles. The highest BCUT2D eigenvalue weighted by atomic mass is 79.9. The first-order chi connectivity index (χ1) is 6.75. The van der Waals surface area contributed by atoms with Crippen LogP contribution in [0.4, 0.5) is 8.78 Å². The minimum atomic E-state index is -4.23. The van der Waals surface area contributed by atoms with Crippen LogP contribution in [0.25, 0.3) is 0 Å².